The number of methoxy groups -OCH3 is 1. The molecule has 0 unspecified atom stereocenters. The lowest BCUT2D eigenvalue weighted by atomic mass is 10.2. The van der Waals surface area contributed by atoms with Gasteiger partial charge in [-0.15, -0.1) is 0 Å². The van der Waals surface area contributed by atoms with Gasteiger partial charge in [0.2, 0.25) is 0 Å². The van der Waals surface area contributed by atoms with Gasteiger partial charge in [-0.1, -0.05) is 20.8 Å². The molecule has 0 spiro atoms. The summed E-state index contributed by atoms with van der Waals surface area (Å²) in [5.41, 5.74) is 0.592. The van der Waals surface area contributed by atoms with Crippen LogP contribution in [0.1, 0.15) is 31.1 Å². The first kappa shape index (κ1) is 13.8. The highest BCUT2D eigenvalue weighted by molar-refractivity contribution is 6.54. The molecule has 0 aromatic heterocycles. The fourth-order valence-electron chi connectivity index (χ4n) is 1.16. The van der Waals surface area contributed by atoms with E-state index in [-0.39, 0.29) is 5.04 Å². The zero-order chi connectivity index (χ0) is 13.1. The molecule has 93 valence electrons. The van der Waals surface area contributed by atoms with E-state index in [0.717, 1.165) is 6.29 Å². The van der Waals surface area contributed by atoms with Crippen molar-refractivity contribution in [2.24, 2.45) is 0 Å². The van der Waals surface area contributed by atoms with E-state index in [0.29, 0.717) is 17.1 Å². The molecule has 0 amide bonds. The first-order valence-corrected chi connectivity index (χ1v) is 7.44. The van der Waals surface area contributed by atoms with Crippen LogP contribution in [0.25, 0.3) is 0 Å². The molecule has 0 heterocycles. The average Bonchev–Trinajstić information content (AvgIpc) is 2.28. The standard InChI is InChI=1S/C13H19O3Si/c1-13(2,3)17(5)16-11-7-6-10(9-14)8-12(11)15-4/h6-9H,1-5H3. The third-order valence-corrected chi connectivity index (χ3v) is 5.28. The Bertz CT molecular complexity index is 396. The van der Waals surface area contributed by atoms with Crippen LogP contribution < -0.4 is 9.16 Å². The van der Waals surface area contributed by atoms with Crippen molar-refractivity contribution >= 4 is 15.3 Å². The second-order valence-electron chi connectivity index (χ2n) is 4.94. The maximum Gasteiger partial charge on any atom is 0.283 e. The SMILES string of the molecule is COc1cc(C=O)ccc1O[Si](C)C(C)(C)C. The summed E-state index contributed by atoms with van der Waals surface area (Å²) in [6, 6.07) is 5.23. The van der Waals surface area contributed by atoms with Crippen LogP contribution in [0, 0.1) is 0 Å². The monoisotopic (exact) mass is 251 g/mol. The van der Waals surface area contributed by atoms with Crippen molar-refractivity contribution in [3.63, 3.8) is 0 Å². The molecule has 0 aliphatic rings. The van der Waals surface area contributed by atoms with E-state index in [4.69, 9.17) is 9.16 Å². The second-order valence-corrected chi connectivity index (χ2v) is 7.75. The van der Waals surface area contributed by atoms with Crippen LogP contribution in [0.4, 0.5) is 0 Å². The summed E-state index contributed by atoms with van der Waals surface area (Å²) in [6.45, 7) is 8.60. The van der Waals surface area contributed by atoms with Gasteiger partial charge in [0.25, 0.3) is 9.04 Å². The Kier molecular flexibility index (Phi) is 4.34. The van der Waals surface area contributed by atoms with Crippen LogP contribution in [0.3, 0.4) is 0 Å². The van der Waals surface area contributed by atoms with Gasteiger partial charge >= 0.3 is 0 Å². The van der Waals surface area contributed by atoms with Gasteiger partial charge in [-0.2, -0.15) is 0 Å². The Labute approximate surface area is 104 Å². The van der Waals surface area contributed by atoms with Crippen molar-refractivity contribution in [2.45, 2.75) is 32.4 Å². The van der Waals surface area contributed by atoms with Gasteiger partial charge in [0, 0.05) is 5.56 Å². The Morgan fingerprint density at radius 1 is 1.24 bits per heavy atom. The molecular formula is C13H19O3Si. The fraction of sp³-hybridized carbons (Fsp3) is 0.462. The normalized spacial score (nSPS) is 11.4. The molecule has 17 heavy (non-hydrogen) atoms. The summed E-state index contributed by atoms with van der Waals surface area (Å²) in [6.07, 6.45) is 0.799. The van der Waals surface area contributed by atoms with Crippen LogP contribution in [0.2, 0.25) is 11.6 Å². The number of hydrogen-bond donors (Lipinski definition) is 0. The van der Waals surface area contributed by atoms with Gasteiger partial charge in [0.15, 0.2) is 5.75 Å². The molecule has 0 fully saturated rings. The first-order chi connectivity index (χ1) is 7.88. The Morgan fingerprint density at radius 2 is 1.88 bits per heavy atom. The van der Waals surface area contributed by atoms with E-state index in [1.54, 1.807) is 25.3 Å². The number of aldehydes is 1. The summed E-state index contributed by atoms with van der Waals surface area (Å²) < 4.78 is 11.2. The molecule has 0 saturated carbocycles. The number of carbonyl (C=O) groups excluding carboxylic acids is 1. The Balaban J connectivity index is 2.95. The second kappa shape index (κ2) is 5.36. The molecule has 1 radical (unpaired) electrons. The van der Waals surface area contributed by atoms with Crippen molar-refractivity contribution in [2.75, 3.05) is 7.11 Å². The maximum absolute atomic E-state index is 10.7. The minimum atomic E-state index is -0.977. The minimum Gasteiger partial charge on any atom is -0.539 e. The lowest BCUT2D eigenvalue weighted by Gasteiger charge is -2.26. The molecule has 0 bridgehead atoms. The molecular weight excluding hydrogens is 232 g/mol. The van der Waals surface area contributed by atoms with Crippen molar-refractivity contribution in [1.82, 2.24) is 0 Å². The molecule has 0 atom stereocenters. The molecule has 0 aliphatic heterocycles. The largest absolute Gasteiger partial charge is 0.539 e. The van der Waals surface area contributed by atoms with Gasteiger partial charge in [-0.25, -0.2) is 0 Å². The predicted octanol–water partition coefficient (Wildman–Crippen LogP) is 3.31. The highest BCUT2D eigenvalue weighted by atomic mass is 28.3. The van der Waals surface area contributed by atoms with Crippen LogP contribution in [-0.4, -0.2) is 22.4 Å². The van der Waals surface area contributed by atoms with E-state index >= 15 is 0 Å². The molecule has 0 aliphatic carbocycles. The molecule has 1 rings (SSSR count). The van der Waals surface area contributed by atoms with Crippen LogP contribution in [0.5, 0.6) is 11.5 Å². The molecule has 1 aromatic carbocycles. The molecule has 0 saturated heterocycles. The van der Waals surface area contributed by atoms with E-state index in [2.05, 4.69) is 27.3 Å². The molecule has 4 heteroatoms. The third-order valence-electron chi connectivity index (χ3n) is 2.64. The minimum absolute atomic E-state index is 0.152. The fourth-order valence-corrected chi connectivity index (χ4v) is 1.96. The summed E-state index contributed by atoms with van der Waals surface area (Å²) in [5, 5.41) is 0.152. The van der Waals surface area contributed by atoms with Gasteiger partial charge in [-0.3, -0.25) is 4.79 Å². The number of ether oxygens (including phenoxy) is 1. The van der Waals surface area contributed by atoms with Gasteiger partial charge in [-0.05, 0) is 29.8 Å². The number of carbonyl (C=O) groups is 1. The summed E-state index contributed by atoms with van der Waals surface area (Å²) in [4.78, 5) is 10.7. The number of benzene rings is 1. The zero-order valence-corrected chi connectivity index (χ0v) is 12.0. The predicted molar refractivity (Wildman–Crippen MR) is 70.3 cm³/mol. The summed E-state index contributed by atoms with van der Waals surface area (Å²) in [7, 11) is 0.602. The Hall–Kier alpha value is -1.29. The van der Waals surface area contributed by atoms with Crippen LogP contribution >= 0.6 is 0 Å². The van der Waals surface area contributed by atoms with Crippen LogP contribution in [0.15, 0.2) is 18.2 Å². The van der Waals surface area contributed by atoms with Gasteiger partial charge in [0.05, 0.1) is 7.11 Å². The molecule has 3 nitrogen and oxygen atoms in total. The van der Waals surface area contributed by atoms with Crippen molar-refractivity contribution in [1.29, 1.82) is 0 Å². The zero-order valence-electron chi connectivity index (χ0n) is 11.0. The van der Waals surface area contributed by atoms with Crippen LogP contribution in [-0.2, 0) is 0 Å². The quantitative estimate of drug-likeness (QED) is 0.608. The van der Waals surface area contributed by atoms with E-state index < -0.39 is 9.04 Å². The number of rotatable bonds is 4. The summed E-state index contributed by atoms with van der Waals surface area (Å²) >= 11 is 0. The van der Waals surface area contributed by atoms with E-state index in [1.165, 1.54) is 0 Å². The van der Waals surface area contributed by atoms with Crippen molar-refractivity contribution in [3.05, 3.63) is 23.8 Å². The number of hydrogen-bond acceptors (Lipinski definition) is 3. The van der Waals surface area contributed by atoms with E-state index in [9.17, 15) is 4.79 Å². The lowest BCUT2D eigenvalue weighted by Crippen LogP contribution is -2.29. The molecule has 0 N–H and O–H groups in total. The van der Waals surface area contributed by atoms with E-state index in [1.807, 2.05) is 0 Å². The highest BCUT2D eigenvalue weighted by Gasteiger charge is 2.26. The highest BCUT2D eigenvalue weighted by Crippen LogP contribution is 2.33. The van der Waals surface area contributed by atoms with Gasteiger partial charge < -0.3 is 9.16 Å². The van der Waals surface area contributed by atoms with Crippen molar-refractivity contribution in [3.8, 4) is 11.5 Å². The third kappa shape index (κ3) is 3.59. The maximum atomic E-state index is 10.7. The summed E-state index contributed by atoms with van der Waals surface area (Å²) in [5.74, 6) is 1.33. The average molecular weight is 251 g/mol. The first-order valence-electron chi connectivity index (χ1n) is 5.53. The Morgan fingerprint density at radius 3 is 2.35 bits per heavy atom. The lowest BCUT2D eigenvalue weighted by molar-refractivity contribution is 0.112. The topological polar surface area (TPSA) is 35.5 Å². The molecule has 1 aromatic rings. The van der Waals surface area contributed by atoms with Gasteiger partial charge in [0.1, 0.15) is 12.0 Å². The van der Waals surface area contributed by atoms with Crippen molar-refractivity contribution < 1.29 is 14.0 Å². The smallest absolute Gasteiger partial charge is 0.283 e.